The van der Waals surface area contributed by atoms with E-state index in [-0.39, 0.29) is 80.6 Å². The normalized spacial score (nSPS) is 26.3. The minimum atomic E-state index is -1.61. The number of nitrogens with zero attached hydrogens (tertiary/aromatic N) is 7. The maximum atomic E-state index is 15.1. The second-order valence-electron chi connectivity index (χ2n) is 26.1. The highest BCUT2D eigenvalue weighted by molar-refractivity contribution is 5.99. The number of carbonyl (C=O) groups is 11. The Kier molecular flexibility index (Phi) is 36.6. The first-order valence-electron chi connectivity index (χ1n) is 30.6. The van der Waals surface area contributed by atoms with Crippen LogP contribution < -0.4 is 21.3 Å². The van der Waals surface area contributed by atoms with Crippen molar-refractivity contribution in [3.63, 3.8) is 0 Å². The summed E-state index contributed by atoms with van der Waals surface area (Å²) >= 11 is 0. The number of rotatable bonds is 15. The van der Waals surface area contributed by atoms with Gasteiger partial charge in [-0.2, -0.15) is 0 Å². The Balaban J connectivity index is 0. The van der Waals surface area contributed by atoms with Crippen LogP contribution in [0, 0.1) is 41.4 Å². The fourth-order valence-corrected chi connectivity index (χ4v) is 10.7. The molecule has 1 saturated heterocycles. The fourth-order valence-electron chi connectivity index (χ4n) is 10.7. The monoisotopic (exact) mass is 1270 g/mol. The number of likely N-dealkylation sites (N-methyl/N-ethyl adjacent to an activating group) is 7. The molecule has 502 valence electrons. The van der Waals surface area contributed by atoms with Gasteiger partial charge in [-0.05, 0) is 101 Å². The van der Waals surface area contributed by atoms with Gasteiger partial charge in [-0.25, -0.2) is 0 Å². The van der Waals surface area contributed by atoms with E-state index in [4.69, 9.17) is 0 Å². The third-order valence-corrected chi connectivity index (χ3v) is 16.1. The number of aliphatic hydroxyl groups excluding tert-OH is 1. The molecule has 12 atom stereocenters. The van der Waals surface area contributed by atoms with Crippen LogP contribution in [0.4, 0.5) is 0 Å². The number of amides is 11. The molecule has 87 heavy (non-hydrogen) atoms. The molecule has 0 spiro atoms. The zero-order valence-corrected chi connectivity index (χ0v) is 58.5. The molecule has 0 radical (unpaired) electrons. The van der Waals surface area contributed by atoms with Crippen molar-refractivity contribution in [2.45, 2.75) is 223 Å². The van der Waals surface area contributed by atoms with E-state index in [2.05, 4.69) is 21.3 Å². The van der Waals surface area contributed by atoms with Crippen molar-refractivity contribution in [3.05, 3.63) is 12.2 Å². The zero-order valence-electron chi connectivity index (χ0n) is 56.9. The lowest BCUT2D eigenvalue weighted by molar-refractivity contribution is -0.157. The molecule has 0 bridgehead atoms. The van der Waals surface area contributed by atoms with Crippen molar-refractivity contribution in [1.29, 1.82) is 0 Å². The summed E-state index contributed by atoms with van der Waals surface area (Å²) in [6.45, 7) is 29.3. The van der Waals surface area contributed by atoms with Crippen LogP contribution in [0.15, 0.2) is 12.2 Å². The van der Waals surface area contributed by atoms with Crippen LogP contribution >= 0.6 is 24.8 Å². The van der Waals surface area contributed by atoms with E-state index in [0.717, 1.165) is 9.80 Å². The number of carbonyl (C=O) groups excluding carboxylic acids is 11. The Labute approximate surface area is 533 Å². The molecule has 25 heteroatoms. The van der Waals surface area contributed by atoms with E-state index in [0.29, 0.717) is 6.42 Å². The Bertz CT molecular complexity index is 2340. The van der Waals surface area contributed by atoms with Gasteiger partial charge in [0.2, 0.25) is 65.0 Å². The molecule has 5 N–H and O–H groups in total. The molecule has 11 amide bonds. The first-order valence-corrected chi connectivity index (χ1v) is 30.6. The molecule has 1 aliphatic rings. The van der Waals surface area contributed by atoms with Gasteiger partial charge in [0.15, 0.2) is 0 Å². The van der Waals surface area contributed by atoms with Crippen molar-refractivity contribution in [2.75, 3.05) is 55.9 Å². The van der Waals surface area contributed by atoms with Crippen molar-refractivity contribution in [3.8, 4) is 0 Å². The SMILES string of the molecule is C/C=C/C[C@@H](C)[C@@H](O)[C@H]1C(=O)N[C@@H](CC)C(=O)N(C)CC(=O)N(C)[C@@H](CC(C)C)C(=O)N[C@@H](C(C)C)C(=O)N(C)[C@@H](CC(C)C)C(=O)N[C@@H](C)C(=O)N[C@H](C)C(=O)N(C)[C@@H](CC(C)C)C(=O)N(C)[C@@H](CC(C)C)C(=O)N(C)[C@@H](C(C)C)C(=O)N1C.Cl.Cl. The van der Waals surface area contributed by atoms with Crippen LogP contribution in [0.5, 0.6) is 0 Å². The topological polar surface area (TPSA) is 279 Å². The average molecular weight is 1280 g/mol. The van der Waals surface area contributed by atoms with Gasteiger partial charge in [-0.1, -0.05) is 109 Å². The lowest BCUT2D eigenvalue weighted by Gasteiger charge is -2.41. The van der Waals surface area contributed by atoms with Gasteiger partial charge in [0.25, 0.3) is 0 Å². The molecule has 0 aliphatic carbocycles. The van der Waals surface area contributed by atoms with Crippen LogP contribution in [0.1, 0.15) is 156 Å². The van der Waals surface area contributed by atoms with Crippen LogP contribution in [-0.2, 0) is 52.7 Å². The summed E-state index contributed by atoms with van der Waals surface area (Å²) in [5.74, 6) is -9.71. The van der Waals surface area contributed by atoms with Crippen molar-refractivity contribution >= 4 is 89.8 Å². The van der Waals surface area contributed by atoms with Gasteiger partial charge in [0.1, 0.15) is 60.4 Å². The number of allylic oxidation sites excluding steroid dienone is 2. The van der Waals surface area contributed by atoms with Gasteiger partial charge in [-0.3, -0.25) is 52.7 Å². The second kappa shape index (κ2) is 38.1. The standard InChI is InChI=1S/C62H111N11O12.2ClH/c1-25-27-28-40(15)52(75)51-56(79)65-43(26-2)58(81)67(18)33-48(74)68(19)44(29-34(3)4)55(78)66-49(38(11)12)61(84)69(20)45(30-35(5)6)54(77)63-41(16)53(76)64-42(17)57(80)70(21)46(31-36(7)8)59(82)71(22)47(32-37(9)10)60(83)72(23)50(39(13)14)62(85)73(51)24;;/h25,27,34-47,49-52,75H,26,28-33H2,1-24H3,(H,63,77)(H,64,76)(H,65,79)(H,66,78);2*1H/b27-25+;;/t40-,41+,42-,43+,44+,45+,46+,47+,49+,50+,51+,52-;;/m1../s1. The summed E-state index contributed by atoms with van der Waals surface area (Å²) in [6, 6.07) is -12.3. The maximum Gasteiger partial charge on any atom is 0.246 e. The number of halogens is 2. The Morgan fingerprint density at radius 2 is 0.862 bits per heavy atom. The highest BCUT2D eigenvalue weighted by atomic mass is 35.5. The van der Waals surface area contributed by atoms with Gasteiger partial charge in [0, 0.05) is 49.3 Å². The molecule has 1 rings (SSSR count). The van der Waals surface area contributed by atoms with Gasteiger partial charge in [0.05, 0.1) is 12.6 Å². The number of aliphatic hydroxyl groups is 1. The molecule has 0 aromatic heterocycles. The minimum Gasteiger partial charge on any atom is -0.390 e. The van der Waals surface area contributed by atoms with Crippen molar-refractivity contribution in [2.24, 2.45) is 41.4 Å². The van der Waals surface area contributed by atoms with Crippen LogP contribution in [0.2, 0.25) is 0 Å². The third kappa shape index (κ3) is 23.7. The molecule has 1 fully saturated rings. The molecular formula is C62H113Cl2N11O12. The molecule has 23 nitrogen and oxygen atoms in total. The largest absolute Gasteiger partial charge is 0.390 e. The maximum absolute atomic E-state index is 15.1. The molecule has 0 unspecified atom stereocenters. The zero-order chi connectivity index (χ0) is 66.0. The molecule has 0 aromatic rings. The predicted octanol–water partition coefficient (Wildman–Crippen LogP) is 4.11. The van der Waals surface area contributed by atoms with Gasteiger partial charge < -0.3 is 60.7 Å². The number of hydrogen-bond donors (Lipinski definition) is 5. The Hall–Kier alpha value is -5.55. The van der Waals surface area contributed by atoms with E-state index in [1.807, 2.05) is 61.5 Å². The Morgan fingerprint density at radius 3 is 1.30 bits per heavy atom. The van der Waals surface area contributed by atoms with E-state index >= 15 is 9.59 Å². The van der Waals surface area contributed by atoms with Crippen molar-refractivity contribution < 1.29 is 57.8 Å². The van der Waals surface area contributed by atoms with E-state index in [1.54, 1.807) is 54.5 Å². The smallest absolute Gasteiger partial charge is 0.246 e. The molecule has 0 saturated carbocycles. The minimum absolute atomic E-state index is 0. The molecule has 1 heterocycles. The number of nitrogens with one attached hydrogen (secondary N) is 4. The number of hydrogen-bond acceptors (Lipinski definition) is 12. The molecular weight excluding hydrogens is 1160 g/mol. The highest BCUT2D eigenvalue weighted by Crippen LogP contribution is 2.26. The molecule has 0 aromatic carbocycles. The second-order valence-corrected chi connectivity index (χ2v) is 26.1. The lowest BCUT2D eigenvalue weighted by atomic mass is 9.91. The quantitative estimate of drug-likeness (QED) is 0.145. The van der Waals surface area contributed by atoms with E-state index in [1.165, 1.54) is 87.7 Å². The third-order valence-electron chi connectivity index (χ3n) is 16.1. The van der Waals surface area contributed by atoms with Gasteiger partial charge in [-0.15, -0.1) is 24.8 Å². The fraction of sp³-hybridized carbons (Fsp3) is 0.790. The predicted molar refractivity (Wildman–Crippen MR) is 343 cm³/mol. The summed E-state index contributed by atoms with van der Waals surface area (Å²) in [5.41, 5.74) is 0. The van der Waals surface area contributed by atoms with E-state index < -0.39 is 156 Å². The lowest BCUT2D eigenvalue weighted by Crippen LogP contribution is -2.63. The summed E-state index contributed by atoms with van der Waals surface area (Å²) in [7, 11) is 9.92. The van der Waals surface area contributed by atoms with Crippen LogP contribution in [0.25, 0.3) is 0 Å². The highest BCUT2D eigenvalue weighted by Gasteiger charge is 2.45. The van der Waals surface area contributed by atoms with E-state index in [9.17, 15) is 48.3 Å². The molecule has 1 aliphatic heterocycles. The average Bonchev–Trinajstić information content (AvgIpc) is 3.35. The first kappa shape index (κ1) is 83.5. The summed E-state index contributed by atoms with van der Waals surface area (Å²) in [4.78, 5) is 169. The summed E-state index contributed by atoms with van der Waals surface area (Å²) in [5, 5.41) is 23.1. The summed E-state index contributed by atoms with van der Waals surface area (Å²) < 4.78 is 0. The van der Waals surface area contributed by atoms with Crippen LogP contribution in [0.3, 0.4) is 0 Å². The van der Waals surface area contributed by atoms with Crippen LogP contribution in [-0.4, -0.2) is 227 Å². The van der Waals surface area contributed by atoms with Crippen molar-refractivity contribution in [1.82, 2.24) is 55.6 Å². The van der Waals surface area contributed by atoms with Gasteiger partial charge >= 0.3 is 0 Å². The Morgan fingerprint density at radius 1 is 0.460 bits per heavy atom. The summed E-state index contributed by atoms with van der Waals surface area (Å²) in [6.07, 6.45) is 3.04. The first-order chi connectivity index (χ1) is 39.2.